The van der Waals surface area contributed by atoms with Crippen molar-refractivity contribution in [2.75, 3.05) is 11.5 Å². The third kappa shape index (κ3) is 3.34. The summed E-state index contributed by atoms with van der Waals surface area (Å²) in [6.45, 7) is 4.10. The van der Waals surface area contributed by atoms with E-state index in [1.807, 2.05) is 6.92 Å². The van der Waals surface area contributed by atoms with Gasteiger partial charge in [-0.3, -0.25) is 14.5 Å². The molecule has 7 heteroatoms. The lowest BCUT2D eigenvalue weighted by Crippen LogP contribution is -2.29. The van der Waals surface area contributed by atoms with Gasteiger partial charge >= 0.3 is 5.91 Å². The maximum Gasteiger partial charge on any atom is 0.301 e. The fraction of sp³-hybridized carbons (Fsp3) is 0.174. The van der Waals surface area contributed by atoms with Gasteiger partial charge in [-0.15, -0.1) is 0 Å². The quantitative estimate of drug-likeness (QED) is 0.392. The number of benzene rings is 2. The van der Waals surface area contributed by atoms with Crippen LogP contribution >= 0.6 is 0 Å². The van der Waals surface area contributed by atoms with Gasteiger partial charge in [0.1, 0.15) is 17.3 Å². The lowest BCUT2D eigenvalue weighted by molar-refractivity contribution is -0.132. The number of Topliss-reactive ketones (excluding diaryl/α,β-unsaturated/α-hetero) is 1. The van der Waals surface area contributed by atoms with Gasteiger partial charge in [-0.25, -0.2) is 0 Å². The molecule has 1 unspecified atom stereocenters. The zero-order valence-electron chi connectivity index (χ0n) is 16.5. The first-order valence-corrected chi connectivity index (χ1v) is 9.53. The molecule has 7 nitrogen and oxygen atoms in total. The van der Waals surface area contributed by atoms with Crippen LogP contribution in [-0.2, 0) is 9.59 Å². The van der Waals surface area contributed by atoms with Gasteiger partial charge in [-0.2, -0.15) is 0 Å². The topological polar surface area (TPSA) is 92.9 Å². The van der Waals surface area contributed by atoms with Crippen LogP contribution in [0.1, 0.15) is 29.9 Å². The van der Waals surface area contributed by atoms with E-state index in [0.29, 0.717) is 29.2 Å². The molecule has 1 N–H and O–H groups in total. The van der Waals surface area contributed by atoms with Crippen molar-refractivity contribution in [2.24, 2.45) is 0 Å². The van der Waals surface area contributed by atoms with Crippen LogP contribution in [0.15, 0.2) is 70.8 Å². The Balaban J connectivity index is 1.89. The molecule has 4 rings (SSSR count). The zero-order valence-corrected chi connectivity index (χ0v) is 16.5. The highest BCUT2D eigenvalue weighted by molar-refractivity contribution is 6.51. The average Bonchev–Trinajstić information content (AvgIpc) is 3.30. The van der Waals surface area contributed by atoms with Crippen molar-refractivity contribution in [2.45, 2.75) is 19.9 Å². The number of ketones is 1. The van der Waals surface area contributed by atoms with E-state index in [1.165, 1.54) is 4.90 Å². The monoisotopic (exact) mass is 404 g/mol. The molecule has 1 atom stereocenters. The molecule has 1 saturated heterocycles. The molecule has 1 fully saturated rings. The Hall–Kier alpha value is -3.87. The van der Waals surface area contributed by atoms with Crippen LogP contribution in [0.3, 0.4) is 0 Å². The third-order valence-electron chi connectivity index (χ3n) is 4.86. The van der Waals surface area contributed by atoms with E-state index in [1.54, 1.807) is 67.6 Å². The lowest BCUT2D eigenvalue weighted by Gasteiger charge is -2.23. The van der Waals surface area contributed by atoms with Crippen molar-refractivity contribution < 1.29 is 24.0 Å². The van der Waals surface area contributed by atoms with E-state index in [4.69, 9.17) is 9.26 Å². The molecule has 0 radical (unpaired) electrons. The van der Waals surface area contributed by atoms with Crippen molar-refractivity contribution in [1.82, 2.24) is 5.16 Å². The number of hydrogen-bond donors (Lipinski definition) is 1. The van der Waals surface area contributed by atoms with E-state index < -0.39 is 17.7 Å². The largest absolute Gasteiger partial charge is 0.507 e. The maximum atomic E-state index is 13.0. The van der Waals surface area contributed by atoms with Gasteiger partial charge in [0, 0.05) is 11.6 Å². The van der Waals surface area contributed by atoms with E-state index in [9.17, 15) is 14.7 Å². The second kappa shape index (κ2) is 7.87. The number of ether oxygens (including phenoxy) is 1. The zero-order chi connectivity index (χ0) is 21.3. The number of anilines is 1. The summed E-state index contributed by atoms with van der Waals surface area (Å²) in [4.78, 5) is 27.2. The van der Waals surface area contributed by atoms with E-state index >= 15 is 0 Å². The molecule has 3 aromatic rings. The molecule has 152 valence electrons. The SMILES string of the molecule is CCOc1ccc(C2C(=C(O)c3ccccc3)C(=O)C(=O)N2c2cc(C)on2)cc1. The molecular formula is C23H20N2O5. The summed E-state index contributed by atoms with van der Waals surface area (Å²) in [7, 11) is 0. The highest BCUT2D eigenvalue weighted by atomic mass is 16.5. The second-order valence-corrected chi connectivity index (χ2v) is 6.83. The lowest BCUT2D eigenvalue weighted by atomic mass is 9.95. The minimum atomic E-state index is -0.856. The van der Waals surface area contributed by atoms with Gasteiger partial charge in [0.05, 0.1) is 18.2 Å². The first kappa shape index (κ1) is 19.4. The van der Waals surface area contributed by atoms with Crippen LogP contribution in [0.2, 0.25) is 0 Å². The van der Waals surface area contributed by atoms with E-state index in [0.717, 1.165) is 0 Å². The molecule has 0 saturated carbocycles. The first-order chi connectivity index (χ1) is 14.5. The number of aliphatic hydroxyl groups is 1. The highest BCUT2D eigenvalue weighted by Crippen LogP contribution is 2.42. The number of nitrogens with zero attached hydrogens (tertiary/aromatic N) is 2. The third-order valence-corrected chi connectivity index (χ3v) is 4.86. The molecule has 0 bridgehead atoms. The van der Waals surface area contributed by atoms with Crippen molar-refractivity contribution >= 4 is 23.3 Å². The molecule has 2 heterocycles. The smallest absolute Gasteiger partial charge is 0.301 e. The number of carbonyl (C=O) groups excluding carboxylic acids is 2. The molecule has 0 spiro atoms. The van der Waals surface area contributed by atoms with Gasteiger partial charge < -0.3 is 14.4 Å². The first-order valence-electron chi connectivity index (χ1n) is 9.53. The second-order valence-electron chi connectivity index (χ2n) is 6.83. The summed E-state index contributed by atoms with van der Waals surface area (Å²) >= 11 is 0. The number of carbonyl (C=O) groups is 2. The van der Waals surface area contributed by atoms with E-state index in [-0.39, 0.29) is 17.2 Å². The van der Waals surface area contributed by atoms with Gasteiger partial charge in [0.2, 0.25) is 0 Å². The van der Waals surface area contributed by atoms with Gasteiger partial charge in [-0.05, 0) is 31.5 Å². The molecule has 1 aliphatic heterocycles. The standard InChI is InChI=1S/C23H20N2O5/c1-3-29-17-11-9-15(10-12-17)20-19(21(26)16-7-5-4-6-8-16)22(27)23(28)25(20)18-13-14(2)30-24-18/h4-13,20,26H,3H2,1-2H3. The molecule has 1 aromatic heterocycles. The summed E-state index contributed by atoms with van der Waals surface area (Å²) in [5.74, 6) is -0.425. The number of aryl methyl sites for hydroxylation is 1. The Kier molecular flexibility index (Phi) is 5.10. The predicted molar refractivity (Wildman–Crippen MR) is 110 cm³/mol. The minimum absolute atomic E-state index is 0.00369. The molecule has 1 aliphatic rings. The number of aliphatic hydroxyl groups excluding tert-OH is 1. The van der Waals surface area contributed by atoms with E-state index in [2.05, 4.69) is 5.16 Å². The summed E-state index contributed by atoms with van der Waals surface area (Å²) in [5.41, 5.74) is 1.08. The van der Waals surface area contributed by atoms with Gasteiger partial charge in [0.15, 0.2) is 5.82 Å². The molecule has 0 aliphatic carbocycles. The average molecular weight is 404 g/mol. The minimum Gasteiger partial charge on any atom is -0.507 e. The van der Waals surface area contributed by atoms with Crippen LogP contribution in [0.5, 0.6) is 5.75 Å². The molecule has 30 heavy (non-hydrogen) atoms. The number of amides is 1. The summed E-state index contributed by atoms with van der Waals surface area (Å²) in [6.07, 6.45) is 0. The number of aromatic nitrogens is 1. The number of rotatable bonds is 5. The van der Waals surface area contributed by atoms with Crippen molar-refractivity contribution in [3.63, 3.8) is 0 Å². The maximum absolute atomic E-state index is 13.0. The van der Waals surface area contributed by atoms with Crippen LogP contribution < -0.4 is 9.64 Å². The Morgan fingerprint density at radius 3 is 2.43 bits per heavy atom. The molecule has 2 aromatic carbocycles. The Bertz CT molecular complexity index is 1120. The van der Waals surface area contributed by atoms with Gasteiger partial charge in [-0.1, -0.05) is 47.6 Å². The van der Waals surface area contributed by atoms with Crippen LogP contribution in [0.4, 0.5) is 5.82 Å². The summed E-state index contributed by atoms with van der Waals surface area (Å²) in [6, 6.07) is 16.4. The Labute approximate surface area is 173 Å². The fourth-order valence-corrected chi connectivity index (χ4v) is 3.52. The summed E-state index contributed by atoms with van der Waals surface area (Å²) < 4.78 is 10.6. The summed E-state index contributed by atoms with van der Waals surface area (Å²) in [5, 5.41) is 14.9. The normalized spacial score (nSPS) is 18.1. The van der Waals surface area contributed by atoms with Gasteiger partial charge in [0.25, 0.3) is 5.78 Å². The molecular weight excluding hydrogens is 384 g/mol. The molecule has 1 amide bonds. The number of hydrogen-bond acceptors (Lipinski definition) is 6. The fourth-order valence-electron chi connectivity index (χ4n) is 3.52. The Morgan fingerprint density at radius 1 is 1.13 bits per heavy atom. The van der Waals surface area contributed by atoms with Crippen LogP contribution in [0.25, 0.3) is 5.76 Å². The predicted octanol–water partition coefficient (Wildman–Crippen LogP) is 4.01. The highest BCUT2D eigenvalue weighted by Gasteiger charge is 2.48. The van der Waals surface area contributed by atoms with Crippen molar-refractivity contribution in [3.8, 4) is 5.75 Å². The van der Waals surface area contributed by atoms with Crippen LogP contribution in [0, 0.1) is 6.92 Å². The van der Waals surface area contributed by atoms with Crippen molar-refractivity contribution in [1.29, 1.82) is 0 Å². The Morgan fingerprint density at radius 2 is 1.83 bits per heavy atom. The van der Waals surface area contributed by atoms with Crippen LogP contribution in [-0.4, -0.2) is 28.6 Å². The van der Waals surface area contributed by atoms with Crippen molar-refractivity contribution in [3.05, 3.63) is 83.1 Å².